The van der Waals surface area contributed by atoms with E-state index >= 15 is 0 Å². The fraction of sp³-hybridized carbons (Fsp3) is 0.350. The van der Waals surface area contributed by atoms with Gasteiger partial charge in [0.15, 0.2) is 0 Å². The fourth-order valence-electron chi connectivity index (χ4n) is 4.06. The predicted molar refractivity (Wildman–Crippen MR) is 102 cm³/mol. The quantitative estimate of drug-likeness (QED) is 0.758. The normalized spacial score (nSPS) is 16.7. The van der Waals surface area contributed by atoms with E-state index in [0.29, 0.717) is 12.8 Å². The van der Waals surface area contributed by atoms with Crippen LogP contribution in [-0.2, 0) is 16.6 Å². The van der Waals surface area contributed by atoms with Gasteiger partial charge < -0.3 is 15.6 Å². The molecule has 0 radical (unpaired) electrons. The summed E-state index contributed by atoms with van der Waals surface area (Å²) in [6, 6.07) is 9.90. The molecule has 6 nitrogen and oxygen atoms in total. The third-order valence-corrected chi connectivity index (χ3v) is 5.63. The van der Waals surface area contributed by atoms with Gasteiger partial charge in [-0.2, -0.15) is 0 Å². The second kappa shape index (κ2) is 6.44. The molecule has 1 aliphatic heterocycles. The molecule has 0 atom stereocenters. The van der Waals surface area contributed by atoms with Crippen molar-refractivity contribution in [3.63, 3.8) is 0 Å². The number of hydrogen-bond donors (Lipinski definition) is 2. The van der Waals surface area contributed by atoms with Gasteiger partial charge in [-0.25, -0.2) is 9.97 Å². The van der Waals surface area contributed by atoms with Gasteiger partial charge in [0.2, 0.25) is 5.91 Å². The summed E-state index contributed by atoms with van der Waals surface area (Å²) in [6.45, 7) is 3.60. The van der Waals surface area contributed by atoms with E-state index < -0.39 is 5.41 Å². The number of hydrogen-bond acceptors (Lipinski definition) is 4. The molecule has 1 aliphatic rings. The Morgan fingerprint density at radius 1 is 1.23 bits per heavy atom. The number of anilines is 1. The third kappa shape index (κ3) is 2.53. The fourth-order valence-corrected chi connectivity index (χ4v) is 4.06. The monoisotopic (exact) mass is 349 g/mol. The van der Waals surface area contributed by atoms with Crippen LogP contribution in [0.25, 0.3) is 11.0 Å². The van der Waals surface area contributed by atoms with Crippen LogP contribution in [0.2, 0.25) is 0 Å². The number of nitrogens with one attached hydrogen (secondary N) is 1. The molecule has 4 rings (SSSR count). The molecule has 0 unspecified atom stereocenters. The van der Waals surface area contributed by atoms with Crippen LogP contribution in [0.1, 0.15) is 30.9 Å². The number of benzene rings is 1. The van der Waals surface area contributed by atoms with E-state index in [2.05, 4.69) is 26.8 Å². The first-order chi connectivity index (χ1) is 12.7. The van der Waals surface area contributed by atoms with Crippen LogP contribution >= 0.6 is 0 Å². The number of carbonyl (C=O) groups excluding carboxylic acids is 1. The minimum atomic E-state index is -0.602. The molecule has 26 heavy (non-hydrogen) atoms. The van der Waals surface area contributed by atoms with Gasteiger partial charge in [-0.15, -0.1) is 0 Å². The number of aromatic nitrogens is 3. The maximum atomic E-state index is 12.4. The standard InChI is InChI=1S/C20H23N5O/c1-2-14-12-22-17-16(14)18(24-13-23-17)25-10-8-20(9-11-25,19(21)26)15-6-4-3-5-7-15/h3-7,12-13H,2,8-11H2,1H3,(H2,21,26)(H,22,23,24). The Labute approximate surface area is 152 Å². The van der Waals surface area contributed by atoms with Gasteiger partial charge in [-0.1, -0.05) is 37.3 Å². The Kier molecular flexibility index (Phi) is 4.11. The highest BCUT2D eigenvalue weighted by atomic mass is 16.1. The largest absolute Gasteiger partial charge is 0.369 e. The number of H-pyrrole nitrogens is 1. The number of carbonyl (C=O) groups is 1. The molecule has 134 valence electrons. The van der Waals surface area contributed by atoms with E-state index in [1.165, 1.54) is 5.56 Å². The first kappa shape index (κ1) is 16.6. The van der Waals surface area contributed by atoms with Crippen molar-refractivity contribution in [2.75, 3.05) is 18.0 Å². The van der Waals surface area contributed by atoms with Crippen LogP contribution < -0.4 is 10.6 Å². The molecule has 0 bridgehead atoms. The van der Waals surface area contributed by atoms with Crippen molar-refractivity contribution >= 4 is 22.8 Å². The summed E-state index contributed by atoms with van der Waals surface area (Å²) < 4.78 is 0. The van der Waals surface area contributed by atoms with E-state index in [9.17, 15) is 4.79 Å². The number of primary amides is 1. The molecule has 2 aromatic heterocycles. The van der Waals surface area contributed by atoms with Crippen molar-refractivity contribution in [3.05, 3.63) is 54.0 Å². The maximum Gasteiger partial charge on any atom is 0.228 e. The predicted octanol–water partition coefficient (Wildman–Crippen LogP) is 2.54. The Balaban J connectivity index is 1.66. The topological polar surface area (TPSA) is 87.9 Å². The van der Waals surface area contributed by atoms with Crippen molar-refractivity contribution < 1.29 is 4.79 Å². The maximum absolute atomic E-state index is 12.4. The van der Waals surface area contributed by atoms with Crippen LogP contribution in [0.3, 0.4) is 0 Å². The van der Waals surface area contributed by atoms with Crippen molar-refractivity contribution in [3.8, 4) is 0 Å². The first-order valence-electron chi connectivity index (χ1n) is 9.07. The minimum absolute atomic E-state index is 0.243. The molecule has 1 amide bonds. The molecule has 1 saturated heterocycles. The molecular formula is C20H23N5O. The molecule has 0 aliphatic carbocycles. The number of aromatic amines is 1. The zero-order valence-electron chi connectivity index (χ0n) is 14.9. The Morgan fingerprint density at radius 3 is 2.62 bits per heavy atom. The number of nitrogens with zero attached hydrogens (tertiary/aromatic N) is 3. The van der Waals surface area contributed by atoms with Crippen molar-refractivity contribution in [1.29, 1.82) is 0 Å². The lowest BCUT2D eigenvalue weighted by Crippen LogP contribution is -2.50. The Bertz CT molecular complexity index is 926. The number of nitrogens with two attached hydrogens (primary N) is 1. The molecule has 0 saturated carbocycles. The van der Waals surface area contributed by atoms with Gasteiger partial charge in [0.05, 0.1) is 10.8 Å². The van der Waals surface area contributed by atoms with Crippen LogP contribution in [0.5, 0.6) is 0 Å². The van der Waals surface area contributed by atoms with Crippen LogP contribution in [0.15, 0.2) is 42.9 Å². The number of fused-ring (bicyclic) bond motifs is 1. The van der Waals surface area contributed by atoms with Crippen LogP contribution in [0.4, 0.5) is 5.82 Å². The summed E-state index contributed by atoms with van der Waals surface area (Å²) in [5.74, 6) is 0.700. The summed E-state index contributed by atoms with van der Waals surface area (Å²) in [4.78, 5) is 26.7. The summed E-state index contributed by atoms with van der Waals surface area (Å²) in [5, 5.41) is 1.08. The highest BCUT2D eigenvalue weighted by Crippen LogP contribution is 2.38. The van der Waals surface area contributed by atoms with Gasteiger partial charge in [0, 0.05) is 19.3 Å². The molecule has 6 heteroatoms. The van der Waals surface area contributed by atoms with E-state index in [-0.39, 0.29) is 5.91 Å². The van der Waals surface area contributed by atoms with Crippen molar-refractivity contribution in [2.45, 2.75) is 31.6 Å². The molecular weight excluding hydrogens is 326 g/mol. The lowest BCUT2D eigenvalue weighted by molar-refractivity contribution is -0.124. The number of piperidine rings is 1. The summed E-state index contributed by atoms with van der Waals surface area (Å²) in [5.41, 5.74) is 8.33. The lowest BCUT2D eigenvalue weighted by Gasteiger charge is -2.40. The van der Waals surface area contributed by atoms with E-state index in [0.717, 1.165) is 41.9 Å². The zero-order valence-corrected chi connectivity index (χ0v) is 14.9. The van der Waals surface area contributed by atoms with Crippen molar-refractivity contribution in [1.82, 2.24) is 15.0 Å². The van der Waals surface area contributed by atoms with Gasteiger partial charge >= 0.3 is 0 Å². The molecule has 0 spiro atoms. The number of rotatable bonds is 4. The van der Waals surface area contributed by atoms with Gasteiger partial charge in [0.25, 0.3) is 0 Å². The van der Waals surface area contributed by atoms with Crippen LogP contribution in [0, 0.1) is 0 Å². The van der Waals surface area contributed by atoms with Gasteiger partial charge in [-0.05, 0) is 30.4 Å². The lowest BCUT2D eigenvalue weighted by atomic mass is 9.72. The number of amides is 1. The Hall–Kier alpha value is -2.89. The SMILES string of the molecule is CCc1c[nH]c2ncnc(N3CCC(C(N)=O)(c4ccccc4)CC3)c12. The second-order valence-electron chi connectivity index (χ2n) is 6.89. The highest BCUT2D eigenvalue weighted by Gasteiger charge is 2.42. The molecule has 1 fully saturated rings. The zero-order chi connectivity index (χ0) is 18.1. The average molecular weight is 349 g/mol. The summed E-state index contributed by atoms with van der Waals surface area (Å²) in [6.07, 6.45) is 5.89. The van der Waals surface area contributed by atoms with E-state index in [4.69, 9.17) is 5.73 Å². The average Bonchev–Trinajstić information content (AvgIpc) is 3.12. The summed E-state index contributed by atoms with van der Waals surface area (Å²) >= 11 is 0. The molecule has 3 N–H and O–H groups in total. The molecule has 3 heterocycles. The summed E-state index contributed by atoms with van der Waals surface area (Å²) in [7, 11) is 0. The molecule has 3 aromatic rings. The minimum Gasteiger partial charge on any atom is -0.369 e. The van der Waals surface area contributed by atoms with Gasteiger partial charge in [0.1, 0.15) is 17.8 Å². The highest BCUT2D eigenvalue weighted by molar-refractivity contribution is 5.91. The first-order valence-corrected chi connectivity index (χ1v) is 9.07. The smallest absolute Gasteiger partial charge is 0.228 e. The van der Waals surface area contributed by atoms with Crippen molar-refractivity contribution in [2.24, 2.45) is 5.73 Å². The second-order valence-corrected chi connectivity index (χ2v) is 6.89. The molecule has 1 aromatic carbocycles. The number of aryl methyl sites for hydroxylation is 1. The van der Waals surface area contributed by atoms with E-state index in [1.807, 2.05) is 36.5 Å². The third-order valence-electron chi connectivity index (χ3n) is 5.63. The van der Waals surface area contributed by atoms with Crippen LogP contribution in [-0.4, -0.2) is 33.9 Å². The van der Waals surface area contributed by atoms with Gasteiger partial charge in [-0.3, -0.25) is 4.79 Å². The Morgan fingerprint density at radius 2 is 1.96 bits per heavy atom. The van der Waals surface area contributed by atoms with E-state index in [1.54, 1.807) is 6.33 Å².